The zero-order chi connectivity index (χ0) is 31.6. The summed E-state index contributed by atoms with van der Waals surface area (Å²) in [5.74, 6) is -0.384. The van der Waals surface area contributed by atoms with Crippen LogP contribution in [0.15, 0.2) is 89.8 Å². The van der Waals surface area contributed by atoms with E-state index >= 15 is 0 Å². The second-order valence-corrected chi connectivity index (χ2v) is 19.4. The van der Waals surface area contributed by atoms with E-state index in [1.165, 1.54) is 4.31 Å². The molecule has 0 amide bonds. The maximum Gasteiger partial charge on any atom is 0.321 e. The Morgan fingerprint density at radius 2 is 1.56 bits per heavy atom. The standard InChI is InChI=1S/C34H45NO6SSi/c1-25(2)33(4,5)43(6,7)41-32-30(22-34(32,37)28-16-12-9-13-17-28)35(42(38,39)29-20-18-26(3)19-21-29)23-31(36)40-24-27-14-10-8-11-15-27/h8-21,25,30,32,37H,22-24H2,1-7H3/t30-,32?,34?/m0/s1. The second kappa shape index (κ2) is 12.7. The second-order valence-electron chi connectivity index (χ2n) is 13.0. The van der Waals surface area contributed by atoms with Gasteiger partial charge in [0.05, 0.1) is 17.0 Å². The molecular weight excluding hydrogens is 579 g/mol. The van der Waals surface area contributed by atoms with Crippen molar-refractivity contribution in [1.82, 2.24) is 4.31 Å². The van der Waals surface area contributed by atoms with Crippen LogP contribution in [-0.4, -0.2) is 50.8 Å². The molecule has 0 aromatic heterocycles. The molecule has 0 spiro atoms. The van der Waals surface area contributed by atoms with E-state index in [1.54, 1.807) is 24.3 Å². The Balaban J connectivity index is 1.74. The summed E-state index contributed by atoms with van der Waals surface area (Å²) in [6.07, 6.45) is -0.817. The van der Waals surface area contributed by atoms with Crippen molar-refractivity contribution in [3.05, 3.63) is 102 Å². The number of aliphatic hydroxyl groups is 1. The molecule has 0 saturated heterocycles. The molecule has 1 N–H and O–H groups in total. The van der Waals surface area contributed by atoms with Gasteiger partial charge in [-0.15, -0.1) is 0 Å². The fourth-order valence-corrected chi connectivity index (χ4v) is 9.69. The van der Waals surface area contributed by atoms with Crippen molar-refractivity contribution in [2.45, 2.75) is 88.4 Å². The van der Waals surface area contributed by atoms with Gasteiger partial charge in [0, 0.05) is 6.42 Å². The number of esters is 1. The summed E-state index contributed by atoms with van der Waals surface area (Å²) in [6, 6.07) is 24.2. The largest absolute Gasteiger partial charge is 0.460 e. The van der Waals surface area contributed by atoms with Crippen molar-refractivity contribution >= 4 is 24.3 Å². The van der Waals surface area contributed by atoms with Gasteiger partial charge in [-0.3, -0.25) is 4.79 Å². The van der Waals surface area contributed by atoms with E-state index in [9.17, 15) is 18.3 Å². The van der Waals surface area contributed by atoms with E-state index in [0.29, 0.717) is 5.56 Å². The topological polar surface area (TPSA) is 93.1 Å². The van der Waals surface area contributed by atoms with Crippen molar-refractivity contribution < 1.29 is 27.5 Å². The third kappa shape index (κ3) is 6.81. The molecule has 3 aromatic carbocycles. The van der Waals surface area contributed by atoms with Gasteiger partial charge in [0.25, 0.3) is 0 Å². The lowest BCUT2D eigenvalue weighted by atomic mass is 9.68. The van der Waals surface area contributed by atoms with Crippen molar-refractivity contribution in [3.8, 4) is 0 Å². The van der Waals surface area contributed by atoms with E-state index in [-0.39, 0.29) is 28.9 Å². The molecule has 1 aliphatic rings. The molecule has 7 nitrogen and oxygen atoms in total. The first-order valence-corrected chi connectivity index (χ1v) is 19.2. The van der Waals surface area contributed by atoms with Gasteiger partial charge in [0.1, 0.15) is 18.8 Å². The highest BCUT2D eigenvalue weighted by Gasteiger charge is 2.62. The summed E-state index contributed by atoms with van der Waals surface area (Å²) < 4.78 is 42.2. The van der Waals surface area contributed by atoms with Crippen LogP contribution in [0, 0.1) is 12.8 Å². The molecule has 0 heterocycles. The monoisotopic (exact) mass is 623 g/mol. The van der Waals surface area contributed by atoms with Gasteiger partial charge >= 0.3 is 5.97 Å². The fraction of sp³-hybridized carbons (Fsp3) is 0.441. The van der Waals surface area contributed by atoms with Gasteiger partial charge in [-0.25, -0.2) is 8.42 Å². The van der Waals surface area contributed by atoms with Crippen LogP contribution in [-0.2, 0) is 36.2 Å². The predicted molar refractivity (Wildman–Crippen MR) is 171 cm³/mol. The minimum Gasteiger partial charge on any atom is -0.460 e. The number of nitrogens with zero attached hydrogens (tertiary/aromatic N) is 1. The molecule has 232 valence electrons. The molecule has 4 rings (SSSR count). The van der Waals surface area contributed by atoms with Crippen molar-refractivity contribution in [2.75, 3.05) is 6.54 Å². The quantitative estimate of drug-likeness (QED) is 0.185. The van der Waals surface area contributed by atoms with Gasteiger partial charge in [0.2, 0.25) is 10.0 Å². The maximum atomic E-state index is 14.2. The Bertz CT molecular complexity index is 1490. The highest BCUT2D eigenvalue weighted by atomic mass is 32.2. The Labute approximate surface area is 258 Å². The van der Waals surface area contributed by atoms with Crippen LogP contribution in [0.5, 0.6) is 0 Å². The van der Waals surface area contributed by atoms with Crippen LogP contribution in [0.2, 0.25) is 18.1 Å². The SMILES string of the molecule is Cc1ccc(S(=O)(=O)N(CC(=O)OCc2ccccc2)[C@H]2CC(O)(c3ccccc3)C2O[Si](C)(C)C(C)(C)C(C)C)cc1. The average molecular weight is 624 g/mol. The molecule has 1 fully saturated rings. The Hall–Kier alpha value is -2.82. The molecule has 43 heavy (non-hydrogen) atoms. The summed E-state index contributed by atoms with van der Waals surface area (Å²) in [4.78, 5) is 13.3. The molecule has 1 saturated carbocycles. The van der Waals surface area contributed by atoms with Crippen LogP contribution >= 0.6 is 0 Å². The molecule has 3 atom stereocenters. The first-order valence-electron chi connectivity index (χ1n) is 14.8. The highest BCUT2D eigenvalue weighted by Crippen LogP contribution is 2.52. The lowest BCUT2D eigenvalue weighted by Crippen LogP contribution is -2.70. The molecule has 9 heteroatoms. The fourth-order valence-electron chi connectivity index (χ4n) is 5.44. The van der Waals surface area contributed by atoms with E-state index < -0.39 is 48.6 Å². The predicted octanol–water partition coefficient (Wildman–Crippen LogP) is 6.42. The van der Waals surface area contributed by atoms with E-state index in [1.807, 2.05) is 67.6 Å². The zero-order valence-corrected chi connectivity index (χ0v) is 28.1. The summed E-state index contributed by atoms with van der Waals surface area (Å²) >= 11 is 0. The first-order chi connectivity index (χ1) is 20.1. The molecular formula is C34H45NO6SSi. The number of benzene rings is 3. The molecule has 0 bridgehead atoms. The van der Waals surface area contributed by atoms with Crippen LogP contribution in [0.3, 0.4) is 0 Å². The van der Waals surface area contributed by atoms with Crippen molar-refractivity contribution in [2.24, 2.45) is 5.92 Å². The number of carbonyl (C=O) groups is 1. The van der Waals surface area contributed by atoms with Crippen LogP contribution in [0.1, 0.15) is 50.8 Å². The summed E-state index contributed by atoms with van der Waals surface area (Å²) in [7, 11) is -6.75. The molecule has 1 aliphatic carbocycles. The number of ether oxygens (including phenoxy) is 1. The van der Waals surface area contributed by atoms with E-state index in [0.717, 1.165) is 11.1 Å². The van der Waals surface area contributed by atoms with Gasteiger partial charge in [0.15, 0.2) is 8.32 Å². The van der Waals surface area contributed by atoms with Gasteiger partial charge < -0.3 is 14.3 Å². The Morgan fingerprint density at radius 3 is 2.12 bits per heavy atom. The molecule has 3 aromatic rings. The molecule has 0 radical (unpaired) electrons. The number of rotatable bonds is 12. The van der Waals surface area contributed by atoms with Gasteiger partial charge in [-0.1, -0.05) is 106 Å². The third-order valence-electron chi connectivity index (χ3n) is 9.56. The lowest BCUT2D eigenvalue weighted by molar-refractivity contribution is -0.184. The molecule has 2 unspecified atom stereocenters. The lowest BCUT2D eigenvalue weighted by Gasteiger charge is -2.58. The average Bonchev–Trinajstić information content (AvgIpc) is 2.97. The van der Waals surface area contributed by atoms with Crippen LogP contribution < -0.4 is 0 Å². The third-order valence-corrected chi connectivity index (χ3v) is 16.0. The number of carbonyl (C=O) groups excluding carboxylic acids is 1. The Morgan fingerprint density at radius 1 is 1.00 bits per heavy atom. The van der Waals surface area contributed by atoms with E-state index in [4.69, 9.17) is 9.16 Å². The Kier molecular flexibility index (Phi) is 9.73. The highest BCUT2D eigenvalue weighted by molar-refractivity contribution is 7.89. The normalized spacial score (nSPS) is 21.1. The first kappa shape index (κ1) is 33.1. The van der Waals surface area contributed by atoms with Gasteiger partial charge in [-0.05, 0) is 54.2 Å². The van der Waals surface area contributed by atoms with Crippen LogP contribution in [0.4, 0.5) is 0 Å². The number of hydrogen-bond donors (Lipinski definition) is 1. The number of hydrogen-bond acceptors (Lipinski definition) is 6. The maximum absolute atomic E-state index is 14.2. The van der Waals surface area contributed by atoms with Gasteiger partial charge in [-0.2, -0.15) is 4.31 Å². The van der Waals surface area contributed by atoms with Crippen LogP contribution in [0.25, 0.3) is 0 Å². The number of aryl methyl sites for hydroxylation is 1. The van der Waals surface area contributed by atoms with Crippen molar-refractivity contribution in [3.63, 3.8) is 0 Å². The summed E-state index contributed by atoms with van der Waals surface area (Å²) in [5, 5.41) is 12.0. The molecule has 0 aliphatic heterocycles. The van der Waals surface area contributed by atoms with Crippen molar-refractivity contribution in [1.29, 1.82) is 0 Å². The van der Waals surface area contributed by atoms with E-state index in [2.05, 4.69) is 40.8 Å². The number of sulfonamides is 1. The minimum absolute atomic E-state index is 0.0269. The zero-order valence-electron chi connectivity index (χ0n) is 26.3. The summed E-state index contributed by atoms with van der Waals surface area (Å²) in [6.45, 7) is 14.3. The summed E-state index contributed by atoms with van der Waals surface area (Å²) in [5.41, 5.74) is 0.941. The smallest absolute Gasteiger partial charge is 0.321 e. The minimum atomic E-state index is -4.17.